The van der Waals surface area contributed by atoms with Crippen LogP contribution < -0.4 is 0 Å². The molecule has 0 bridgehead atoms. The van der Waals surface area contributed by atoms with Crippen LogP contribution in [0.3, 0.4) is 0 Å². The van der Waals surface area contributed by atoms with Crippen molar-refractivity contribution in [3.63, 3.8) is 0 Å². The second-order valence-electron chi connectivity index (χ2n) is 3.73. The van der Waals surface area contributed by atoms with E-state index in [1.54, 1.807) is 0 Å². The monoisotopic (exact) mass is 366 g/mol. The Bertz CT molecular complexity index is 260. The van der Waals surface area contributed by atoms with Crippen LogP contribution in [0.5, 0.6) is 0 Å². The molecule has 136 valence electrons. The van der Waals surface area contributed by atoms with Gasteiger partial charge in [0, 0.05) is 0 Å². The van der Waals surface area contributed by atoms with Gasteiger partial charge in [-0.1, -0.05) is 0 Å². The van der Waals surface area contributed by atoms with E-state index in [-0.39, 0.29) is 54.2 Å². The standard InChI is InChI=1S/C6H12O6.C3H6O3.Ca.3H2O.2H/c7-1-2-3(8)4(9)5(10)6(11)12-2;1-2(4)3(5)6;;;;;;/h2-11H,1H2;2,4H,1H3,(H,5,6);;3*1H2;;/t2-,3-,4+,5-,6?;;;;;;;/m1......./s1. The third-order valence-corrected chi connectivity index (χ3v) is 2.22. The second kappa shape index (κ2) is 16.2. The van der Waals surface area contributed by atoms with Crippen molar-refractivity contribution in [1.82, 2.24) is 0 Å². The molecule has 1 rings (SSSR count). The summed E-state index contributed by atoms with van der Waals surface area (Å²) in [6.45, 7) is 0.671. The van der Waals surface area contributed by atoms with Gasteiger partial charge in [-0.25, -0.2) is 4.79 Å². The van der Waals surface area contributed by atoms with Crippen LogP contribution >= 0.6 is 0 Å². The number of carboxylic acid groups (broad SMARTS) is 1. The van der Waals surface area contributed by atoms with Crippen molar-refractivity contribution in [2.24, 2.45) is 0 Å². The van der Waals surface area contributed by atoms with Crippen molar-refractivity contribution in [3.8, 4) is 0 Å². The summed E-state index contributed by atoms with van der Waals surface area (Å²) in [5.74, 6) is -1.19. The molecule has 1 aliphatic heterocycles. The van der Waals surface area contributed by atoms with Crippen molar-refractivity contribution in [1.29, 1.82) is 0 Å². The molecule has 6 atom stereocenters. The molecule has 13 heteroatoms. The van der Waals surface area contributed by atoms with E-state index < -0.39 is 49.4 Å². The van der Waals surface area contributed by atoms with Gasteiger partial charge in [0.2, 0.25) is 0 Å². The van der Waals surface area contributed by atoms with Crippen molar-refractivity contribution in [3.05, 3.63) is 0 Å². The summed E-state index contributed by atoms with van der Waals surface area (Å²) in [7, 11) is 0. The van der Waals surface area contributed by atoms with Crippen molar-refractivity contribution >= 4 is 43.7 Å². The zero-order valence-electron chi connectivity index (χ0n) is 11.1. The fourth-order valence-corrected chi connectivity index (χ4v) is 1.08. The first-order chi connectivity index (χ1) is 8.22. The molecule has 12 nitrogen and oxygen atoms in total. The molecule has 2 unspecified atom stereocenters. The van der Waals surface area contributed by atoms with Crippen LogP contribution in [0.25, 0.3) is 0 Å². The molecule has 0 saturated carbocycles. The van der Waals surface area contributed by atoms with Gasteiger partial charge in [0.25, 0.3) is 0 Å². The molecule has 1 fully saturated rings. The summed E-state index contributed by atoms with van der Waals surface area (Å²) in [5.41, 5.74) is 0. The van der Waals surface area contributed by atoms with Gasteiger partial charge in [0.05, 0.1) is 6.61 Å². The average molecular weight is 366 g/mol. The van der Waals surface area contributed by atoms with Crippen molar-refractivity contribution in [2.75, 3.05) is 6.61 Å². The van der Waals surface area contributed by atoms with Gasteiger partial charge >= 0.3 is 43.7 Å². The summed E-state index contributed by atoms with van der Waals surface area (Å²) < 4.78 is 4.58. The molecule has 1 heterocycles. The molecule has 0 aromatic heterocycles. The fraction of sp³-hybridized carbons (Fsp3) is 0.889. The van der Waals surface area contributed by atoms with Crippen LogP contribution in [0.15, 0.2) is 0 Å². The summed E-state index contributed by atoms with van der Waals surface area (Å²) in [6.07, 6.45) is -8.27. The van der Waals surface area contributed by atoms with Gasteiger partial charge in [-0.15, -0.1) is 0 Å². The molecular weight excluding hydrogens is 340 g/mol. The first-order valence-corrected chi connectivity index (χ1v) is 5.11. The summed E-state index contributed by atoms with van der Waals surface area (Å²) in [4.78, 5) is 9.45. The van der Waals surface area contributed by atoms with Crippen LogP contribution in [-0.2, 0) is 9.53 Å². The number of aliphatic hydroxyl groups is 6. The second-order valence-corrected chi connectivity index (χ2v) is 3.73. The number of carbonyl (C=O) groups is 1. The van der Waals surface area contributed by atoms with E-state index in [1.165, 1.54) is 6.92 Å². The molecule has 0 aliphatic carbocycles. The van der Waals surface area contributed by atoms with Crippen LogP contribution in [-0.4, -0.2) is 139 Å². The first-order valence-electron chi connectivity index (χ1n) is 5.11. The number of aliphatic hydroxyl groups excluding tert-OH is 6. The van der Waals surface area contributed by atoms with Crippen LogP contribution in [0.2, 0.25) is 0 Å². The third kappa shape index (κ3) is 11.0. The van der Waals surface area contributed by atoms with E-state index in [9.17, 15) is 4.79 Å². The maximum absolute atomic E-state index is 9.45. The van der Waals surface area contributed by atoms with Gasteiger partial charge in [-0.2, -0.15) is 0 Å². The molecular formula is C9H26CaO12. The predicted octanol–water partition coefficient (Wildman–Crippen LogP) is -7.16. The van der Waals surface area contributed by atoms with Gasteiger partial charge < -0.3 is 56.9 Å². The molecule has 22 heavy (non-hydrogen) atoms. The zero-order chi connectivity index (χ0) is 14.5. The minimum absolute atomic E-state index is 0. The maximum atomic E-state index is 9.45. The summed E-state index contributed by atoms with van der Waals surface area (Å²) in [6, 6.07) is 0. The Kier molecular flexibility index (Phi) is 24.9. The van der Waals surface area contributed by atoms with Crippen LogP contribution in [0, 0.1) is 0 Å². The molecule has 13 N–H and O–H groups in total. The first kappa shape index (κ1) is 33.8. The Morgan fingerprint density at radius 2 is 1.41 bits per heavy atom. The number of hydrogen-bond acceptors (Lipinski definition) is 8. The number of carboxylic acids is 1. The predicted molar refractivity (Wildman–Crippen MR) is 74.7 cm³/mol. The Morgan fingerprint density at radius 1 is 1.05 bits per heavy atom. The number of aliphatic carboxylic acids is 1. The number of ether oxygens (including phenoxy) is 1. The molecule has 1 aliphatic rings. The van der Waals surface area contributed by atoms with Crippen molar-refractivity contribution in [2.45, 2.75) is 43.7 Å². The van der Waals surface area contributed by atoms with Gasteiger partial charge in [-0.05, 0) is 6.92 Å². The minimum atomic E-state index is -1.57. The van der Waals surface area contributed by atoms with E-state index >= 15 is 0 Å². The number of hydrogen-bond donors (Lipinski definition) is 7. The van der Waals surface area contributed by atoms with E-state index in [0.29, 0.717) is 0 Å². The van der Waals surface area contributed by atoms with Gasteiger partial charge in [-0.3, -0.25) is 0 Å². The summed E-state index contributed by atoms with van der Waals surface area (Å²) >= 11 is 0. The molecule has 0 aromatic carbocycles. The quantitative estimate of drug-likeness (QED) is 0.228. The Balaban J connectivity index is -0.0000000857. The topological polar surface area (TPSA) is 262 Å². The normalized spacial score (nSPS) is 30.6. The van der Waals surface area contributed by atoms with E-state index in [4.69, 9.17) is 35.7 Å². The fourth-order valence-electron chi connectivity index (χ4n) is 1.08. The molecule has 0 aromatic rings. The van der Waals surface area contributed by atoms with E-state index in [2.05, 4.69) is 4.74 Å². The molecule has 0 radical (unpaired) electrons. The third-order valence-electron chi connectivity index (χ3n) is 2.22. The zero-order valence-corrected chi connectivity index (χ0v) is 11.1. The van der Waals surface area contributed by atoms with E-state index in [1.807, 2.05) is 0 Å². The van der Waals surface area contributed by atoms with Gasteiger partial charge in [0.15, 0.2) is 6.29 Å². The van der Waals surface area contributed by atoms with Crippen molar-refractivity contribution < 1.29 is 61.7 Å². The number of rotatable bonds is 2. The molecule has 1 saturated heterocycles. The molecule has 0 amide bonds. The van der Waals surface area contributed by atoms with Crippen LogP contribution in [0.4, 0.5) is 0 Å². The Morgan fingerprint density at radius 3 is 1.68 bits per heavy atom. The van der Waals surface area contributed by atoms with Crippen LogP contribution in [0.1, 0.15) is 6.92 Å². The Labute approximate surface area is 155 Å². The van der Waals surface area contributed by atoms with E-state index in [0.717, 1.165) is 0 Å². The SMILES string of the molecule is CC(O)C(=O)O.O.O.O.OC[C@H]1OC(O)[C@H](O)[C@@H](O)[C@@H]1O.[CaH2]. The molecule has 0 spiro atoms. The van der Waals surface area contributed by atoms with Gasteiger partial charge in [0.1, 0.15) is 30.5 Å². The Hall–Kier alpha value is 0.330. The average Bonchev–Trinajstić information content (AvgIpc) is 2.31. The summed E-state index contributed by atoms with van der Waals surface area (Å²) in [5, 5.41) is 60.4.